The van der Waals surface area contributed by atoms with Gasteiger partial charge in [0.2, 0.25) is 0 Å². The van der Waals surface area contributed by atoms with Gasteiger partial charge < -0.3 is 83.6 Å². The van der Waals surface area contributed by atoms with Gasteiger partial charge in [-0.15, -0.1) is 0 Å². The molecule has 0 unspecified atom stereocenters. The molecule has 17 heteroatoms. The summed E-state index contributed by atoms with van der Waals surface area (Å²) < 4.78 is 10.3. The number of rotatable bonds is 4. The summed E-state index contributed by atoms with van der Waals surface area (Å²) >= 11 is 0. The Kier molecular flexibility index (Phi) is 25.9. The summed E-state index contributed by atoms with van der Waals surface area (Å²) in [6.07, 6.45) is -10.5. The van der Waals surface area contributed by atoms with Crippen LogP contribution in [0.15, 0.2) is 0 Å². The minimum atomic E-state index is -1.49. The number of hydrogen-bond acceptors (Lipinski definition) is 10. The van der Waals surface area contributed by atoms with Crippen LogP contribution in [0.5, 0.6) is 0 Å². The number of piperidine rings is 1. The van der Waals surface area contributed by atoms with Gasteiger partial charge in [0.05, 0.1) is 18.8 Å². The van der Waals surface area contributed by atoms with Crippen LogP contribution < -0.4 is 0 Å². The molecule has 0 saturated carbocycles. The highest BCUT2D eigenvalue weighted by molar-refractivity contribution is 4.97. The SMILES string of the molecule is CO[C@H]1O[C@H](CN2C[C@H](O)[C@@H](O)[C@H](O)[C@H]2CO)[C@@H](O)[C@H](O)[C@H]1O.O.O.O.O.O.O.O. The molecule has 0 amide bonds. The predicted octanol–water partition coefficient (Wildman–Crippen LogP) is -10.6. The summed E-state index contributed by atoms with van der Waals surface area (Å²) in [5.74, 6) is 0. The van der Waals surface area contributed by atoms with Crippen molar-refractivity contribution in [3.8, 4) is 0 Å². The van der Waals surface area contributed by atoms with Gasteiger partial charge >= 0.3 is 0 Å². The molecule has 2 saturated heterocycles. The number of nitrogens with zero attached hydrogens (tertiary/aromatic N) is 1. The summed E-state index contributed by atoms with van der Waals surface area (Å²) in [5.41, 5.74) is 0. The summed E-state index contributed by atoms with van der Waals surface area (Å²) in [5, 5.41) is 68.4. The van der Waals surface area contributed by atoms with Crippen molar-refractivity contribution < 1.29 is 83.6 Å². The summed E-state index contributed by atoms with van der Waals surface area (Å²) in [6.45, 7) is -0.601. The van der Waals surface area contributed by atoms with E-state index in [4.69, 9.17) is 9.47 Å². The van der Waals surface area contributed by atoms with Gasteiger partial charge in [0, 0.05) is 20.2 Å². The van der Waals surface area contributed by atoms with Gasteiger partial charge in [-0.25, -0.2) is 0 Å². The summed E-state index contributed by atoms with van der Waals surface area (Å²) in [6, 6.07) is -0.866. The highest BCUT2D eigenvalue weighted by Crippen LogP contribution is 2.25. The monoisotopic (exact) mass is 465 g/mol. The van der Waals surface area contributed by atoms with E-state index in [9.17, 15) is 35.7 Å². The molecule has 17 nitrogen and oxygen atoms in total. The van der Waals surface area contributed by atoms with Crippen LogP contribution in [0, 0.1) is 0 Å². The van der Waals surface area contributed by atoms with Crippen molar-refractivity contribution >= 4 is 0 Å². The predicted molar refractivity (Wildman–Crippen MR) is 99.5 cm³/mol. The molecule has 9 atom stereocenters. The molecular formula is C13H39NO16. The standard InChI is InChI=1S/C13H25NO9.7H2O/c1-22-13-12(21)11(20)10(19)7(23-13)3-14-2-6(16)9(18)8(17)5(14)4-15;;;;;;;/h5-13,15-21H,2-4H2,1H3;7*1H2/t5-,6+,7-,8-,9-,10-,11+,12-,13+;;;;;;;/m1......./s1. The van der Waals surface area contributed by atoms with Crippen LogP contribution in [0.4, 0.5) is 0 Å². The second kappa shape index (κ2) is 17.9. The molecule has 2 rings (SSSR count). The maximum absolute atomic E-state index is 10.0. The molecule has 21 N–H and O–H groups in total. The minimum Gasteiger partial charge on any atom is -0.412 e. The van der Waals surface area contributed by atoms with Gasteiger partial charge in [0.1, 0.15) is 36.6 Å². The molecule has 0 bridgehead atoms. The van der Waals surface area contributed by atoms with E-state index in [-0.39, 0.29) is 51.4 Å². The third-order valence-corrected chi connectivity index (χ3v) is 4.53. The van der Waals surface area contributed by atoms with Crippen LogP contribution in [0.25, 0.3) is 0 Å². The topological polar surface area (TPSA) is 384 Å². The lowest BCUT2D eigenvalue weighted by Gasteiger charge is -2.46. The molecule has 0 aromatic heterocycles. The minimum absolute atomic E-state index is 0. The van der Waals surface area contributed by atoms with Gasteiger partial charge in [0.25, 0.3) is 0 Å². The van der Waals surface area contributed by atoms with Crippen LogP contribution in [-0.2, 0) is 9.47 Å². The normalized spacial score (nSPS) is 37.8. The number of aliphatic hydroxyl groups is 7. The molecule has 30 heavy (non-hydrogen) atoms. The van der Waals surface area contributed by atoms with Gasteiger partial charge in [-0.1, -0.05) is 0 Å². The Morgan fingerprint density at radius 1 is 0.767 bits per heavy atom. The largest absolute Gasteiger partial charge is 0.412 e. The smallest absolute Gasteiger partial charge is 0.186 e. The first-order valence-electron chi connectivity index (χ1n) is 7.43. The molecular weight excluding hydrogens is 426 g/mol. The molecule has 0 aromatic rings. The second-order valence-electron chi connectivity index (χ2n) is 6.00. The van der Waals surface area contributed by atoms with Gasteiger partial charge in [-0.3, -0.25) is 4.90 Å². The molecule has 0 aliphatic carbocycles. The van der Waals surface area contributed by atoms with Crippen LogP contribution in [0.2, 0.25) is 0 Å². The Morgan fingerprint density at radius 2 is 1.27 bits per heavy atom. The molecule has 0 spiro atoms. The van der Waals surface area contributed by atoms with Crippen LogP contribution >= 0.6 is 0 Å². The molecule has 2 aliphatic rings. The van der Waals surface area contributed by atoms with Crippen LogP contribution in [0.1, 0.15) is 0 Å². The Bertz CT molecular complexity index is 392. The van der Waals surface area contributed by atoms with Gasteiger partial charge in [0.15, 0.2) is 6.29 Å². The lowest BCUT2D eigenvalue weighted by Crippen LogP contribution is -2.66. The molecule has 2 heterocycles. The van der Waals surface area contributed by atoms with E-state index in [1.165, 1.54) is 12.0 Å². The second-order valence-corrected chi connectivity index (χ2v) is 6.00. The van der Waals surface area contributed by atoms with Gasteiger partial charge in [-0.05, 0) is 0 Å². The first-order chi connectivity index (χ1) is 10.8. The van der Waals surface area contributed by atoms with Crippen molar-refractivity contribution in [2.75, 3.05) is 26.8 Å². The van der Waals surface area contributed by atoms with Crippen molar-refractivity contribution in [1.82, 2.24) is 4.90 Å². The average molecular weight is 465 g/mol. The molecule has 2 fully saturated rings. The van der Waals surface area contributed by atoms with Gasteiger partial charge in [-0.2, -0.15) is 0 Å². The Labute approximate surface area is 171 Å². The zero-order chi connectivity index (χ0) is 17.3. The highest BCUT2D eigenvalue weighted by Gasteiger charge is 2.47. The van der Waals surface area contributed by atoms with E-state index in [0.29, 0.717) is 0 Å². The zero-order valence-electron chi connectivity index (χ0n) is 16.2. The fraction of sp³-hybridized carbons (Fsp3) is 1.00. The van der Waals surface area contributed by atoms with Crippen molar-refractivity contribution in [3.63, 3.8) is 0 Å². The number of β-amino-alcohol motifs (C(OH)–C–C–N with tert-alkyl or cyclic N) is 1. The summed E-state index contributed by atoms with van der Waals surface area (Å²) in [7, 11) is 1.27. The maximum Gasteiger partial charge on any atom is 0.186 e. The molecule has 2 aliphatic heterocycles. The Hall–Kier alpha value is -0.680. The number of aliphatic hydroxyl groups excluding tert-OH is 7. The maximum atomic E-state index is 10.0. The first-order valence-corrected chi connectivity index (χ1v) is 7.43. The lowest BCUT2D eigenvalue weighted by molar-refractivity contribution is -0.294. The van der Waals surface area contributed by atoms with E-state index >= 15 is 0 Å². The fourth-order valence-corrected chi connectivity index (χ4v) is 3.08. The fourth-order valence-electron chi connectivity index (χ4n) is 3.08. The molecule has 0 radical (unpaired) electrons. The number of methoxy groups -OCH3 is 1. The van der Waals surface area contributed by atoms with Crippen molar-refractivity contribution in [2.45, 2.75) is 55.1 Å². The van der Waals surface area contributed by atoms with E-state index in [2.05, 4.69) is 0 Å². The first kappa shape index (κ1) is 43.2. The Morgan fingerprint density at radius 3 is 1.70 bits per heavy atom. The number of hydrogen-bond donors (Lipinski definition) is 7. The summed E-state index contributed by atoms with van der Waals surface area (Å²) in [4.78, 5) is 1.45. The van der Waals surface area contributed by atoms with E-state index in [1.807, 2.05) is 0 Å². The third kappa shape index (κ3) is 8.45. The zero-order valence-corrected chi connectivity index (χ0v) is 16.2. The van der Waals surface area contributed by atoms with Crippen molar-refractivity contribution in [2.24, 2.45) is 0 Å². The van der Waals surface area contributed by atoms with E-state index in [1.54, 1.807) is 0 Å². The highest BCUT2D eigenvalue weighted by atomic mass is 16.7. The number of likely N-dealkylation sites (tertiary alicyclic amines) is 1. The van der Waals surface area contributed by atoms with Crippen LogP contribution in [0.3, 0.4) is 0 Å². The molecule has 192 valence electrons. The van der Waals surface area contributed by atoms with E-state index in [0.717, 1.165) is 0 Å². The van der Waals surface area contributed by atoms with Crippen LogP contribution in [-0.4, -0.2) is 161 Å². The average Bonchev–Trinajstić information content (AvgIpc) is 2.53. The Balaban J connectivity index is -0.000000206. The molecule has 0 aromatic carbocycles. The number of ether oxygens (including phenoxy) is 2. The third-order valence-electron chi connectivity index (χ3n) is 4.53. The quantitative estimate of drug-likeness (QED) is 0.205. The van der Waals surface area contributed by atoms with Crippen molar-refractivity contribution in [3.05, 3.63) is 0 Å². The van der Waals surface area contributed by atoms with E-state index < -0.39 is 61.7 Å². The van der Waals surface area contributed by atoms with Crippen molar-refractivity contribution in [1.29, 1.82) is 0 Å². The lowest BCUT2D eigenvalue weighted by atomic mass is 9.92.